The summed E-state index contributed by atoms with van der Waals surface area (Å²) in [6, 6.07) is 16.8. The molecule has 0 radical (unpaired) electrons. The van der Waals surface area contributed by atoms with E-state index in [2.05, 4.69) is 8.75 Å². The smallest absolute Gasteiger partial charge is 0.545 e. The maximum atomic E-state index is 13.8. The molecule has 0 unspecified atom stereocenters. The van der Waals surface area contributed by atoms with Gasteiger partial charge in [-0.25, -0.2) is 0 Å². The molecule has 5 rings (SSSR count). The number of allylic oxidation sites excluding steroid dienone is 1. The molecule has 35 heavy (non-hydrogen) atoms. The van der Waals surface area contributed by atoms with Crippen molar-refractivity contribution in [2.45, 2.75) is 6.42 Å². The van der Waals surface area contributed by atoms with Crippen LogP contribution in [0.2, 0.25) is 0 Å². The first kappa shape index (κ1) is 24.9. The molecule has 0 saturated carbocycles. The van der Waals surface area contributed by atoms with Crippen LogP contribution in [0.15, 0.2) is 66.2 Å². The van der Waals surface area contributed by atoms with Crippen molar-refractivity contribution >= 4 is 40.1 Å². The number of aromatic nitrogens is 2. The van der Waals surface area contributed by atoms with Crippen molar-refractivity contribution in [1.82, 2.24) is 8.75 Å². The fourth-order valence-electron chi connectivity index (χ4n) is 3.89. The van der Waals surface area contributed by atoms with Gasteiger partial charge in [0.2, 0.25) is 6.79 Å². The van der Waals surface area contributed by atoms with Crippen LogP contribution in [-0.4, -0.2) is 34.4 Å². The predicted octanol–water partition coefficient (Wildman–Crippen LogP) is 0.0617. The number of ether oxygens (including phenoxy) is 3. The number of carbonyl (C=O) groups excluding carboxylic acids is 2. The van der Waals surface area contributed by atoms with E-state index in [1.165, 1.54) is 7.11 Å². The van der Waals surface area contributed by atoms with E-state index in [-0.39, 0.29) is 59.5 Å². The van der Waals surface area contributed by atoms with E-state index in [4.69, 9.17) is 14.2 Å². The number of nitrogens with zero attached hydrogens (tertiary/aromatic N) is 2. The second kappa shape index (κ2) is 10.6. The number of aliphatic carboxylic acids is 1. The van der Waals surface area contributed by atoms with Crippen LogP contribution in [0.5, 0.6) is 17.2 Å². The summed E-state index contributed by atoms with van der Waals surface area (Å²) in [5, 5.41) is 12.5. The van der Waals surface area contributed by atoms with Crippen LogP contribution in [0.3, 0.4) is 0 Å². The first-order chi connectivity index (χ1) is 16.5. The van der Waals surface area contributed by atoms with E-state index in [0.29, 0.717) is 39.4 Å². The summed E-state index contributed by atoms with van der Waals surface area (Å²) < 4.78 is 24.5. The Balaban J connectivity index is 0.00000289. The third-order valence-electron chi connectivity index (χ3n) is 5.52. The topological polar surface area (TPSA) is 111 Å². The number of benzene rings is 3. The number of carbonyl (C=O) groups is 2. The monoisotopic (exact) mass is 496 g/mol. The summed E-state index contributed by atoms with van der Waals surface area (Å²) >= 11 is 1.02. The molecule has 2 heterocycles. The molecule has 0 N–H and O–H groups in total. The first-order valence-corrected chi connectivity index (χ1v) is 11.0. The first-order valence-electron chi connectivity index (χ1n) is 10.3. The van der Waals surface area contributed by atoms with Crippen molar-refractivity contribution in [1.29, 1.82) is 0 Å². The summed E-state index contributed by atoms with van der Waals surface area (Å²) in [5.41, 5.74) is 2.23. The molecule has 1 aliphatic heterocycles. The van der Waals surface area contributed by atoms with Gasteiger partial charge in [0, 0.05) is 23.1 Å². The van der Waals surface area contributed by atoms with Gasteiger partial charge in [-0.1, -0.05) is 24.3 Å². The van der Waals surface area contributed by atoms with Crippen LogP contribution >= 0.6 is 11.7 Å². The van der Waals surface area contributed by atoms with Crippen molar-refractivity contribution in [3.8, 4) is 17.2 Å². The van der Waals surface area contributed by atoms with Crippen LogP contribution in [0.4, 0.5) is 0 Å². The molecule has 4 aromatic rings. The third-order valence-corrected chi connectivity index (χ3v) is 6.07. The zero-order valence-electron chi connectivity index (χ0n) is 18.9. The molecular formula is C25H17N2NaO6S. The molecule has 0 bridgehead atoms. The minimum Gasteiger partial charge on any atom is -0.545 e. The van der Waals surface area contributed by atoms with Gasteiger partial charge in [-0.3, -0.25) is 4.79 Å². The van der Waals surface area contributed by atoms with Crippen molar-refractivity contribution in [3.63, 3.8) is 0 Å². The fourth-order valence-corrected chi connectivity index (χ4v) is 4.40. The van der Waals surface area contributed by atoms with Gasteiger partial charge >= 0.3 is 29.6 Å². The molecule has 0 spiro atoms. The molecule has 3 aromatic carbocycles. The zero-order chi connectivity index (χ0) is 23.7. The second-order valence-electron chi connectivity index (χ2n) is 7.49. The van der Waals surface area contributed by atoms with E-state index >= 15 is 0 Å². The Morgan fingerprint density at radius 3 is 2.51 bits per heavy atom. The van der Waals surface area contributed by atoms with E-state index in [0.717, 1.165) is 11.7 Å². The van der Waals surface area contributed by atoms with Crippen molar-refractivity contribution in [2.24, 2.45) is 0 Å². The molecule has 10 heteroatoms. The maximum absolute atomic E-state index is 13.8. The van der Waals surface area contributed by atoms with Gasteiger partial charge < -0.3 is 24.1 Å². The molecule has 0 amide bonds. The van der Waals surface area contributed by atoms with Crippen LogP contribution in [0, 0.1) is 0 Å². The average molecular weight is 496 g/mol. The summed E-state index contributed by atoms with van der Waals surface area (Å²) in [6.45, 7) is 0.0584. The molecule has 170 valence electrons. The van der Waals surface area contributed by atoms with Gasteiger partial charge in [-0.15, -0.1) is 0 Å². The number of hydrogen-bond donors (Lipinski definition) is 0. The largest absolute Gasteiger partial charge is 1.00 e. The number of ketones is 1. The molecule has 1 aromatic heterocycles. The van der Waals surface area contributed by atoms with Crippen LogP contribution in [-0.2, 0) is 11.2 Å². The van der Waals surface area contributed by atoms with Gasteiger partial charge in [0.15, 0.2) is 17.3 Å². The number of para-hydroxylation sites is 1. The van der Waals surface area contributed by atoms with Crippen molar-refractivity contribution < 1.29 is 58.5 Å². The number of methoxy groups -OCH3 is 1. The van der Waals surface area contributed by atoms with Crippen molar-refractivity contribution in [3.05, 3.63) is 82.9 Å². The van der Waals surface area contributed by atoms with Crippen LogP contribution < -0.4 is 48.9 Å². The Labute approximate surface area is 226 Å². The van der Waals surface area contributed by atoms with E-state index in [9.17, 15) is 14.7 Å². The van der Waals surface area contributed by atoms with Crippen LogP contribution in [0.1, 0.15) is 21.5 Å². The van der Waals surface area contributed by atoms with Gasteiger partial charge in [0.1, 0.15) is 16.8 Å². The summed E-state index contributed by atoms with van der Waals surface area (Å²) in [6.07, 6.45) is 0.00789. The van der Waals surface area contributed by atoms with E-state index in [1.54, 1.807) is 60.7 Å². The molecule has 0 aliphatic carbocycles. The Kier molecular flexibility index (Phi) is 7.51. The maximum Gasteiger partial charge on any atom is 1.00 e. The quantitative estimate of drug-likeness (QED) is 0.201. The normalized spacial score (nSPS) is 12.6. The molecule has 0 fully saturated rings. The minimum atomic E-state index is -1.47. The third kappa shape index (κ3) is 4.94. The predicted molar refractivity (Wildman–Crippen MR) is 123 cm³/mol. The number of carboxylic acids is 1. The summed E-state index contributed by atoms with van der Waals surface area (Å²) in [5.74, 6) is -0.461. The summed E-state index contributed by atoms with van der Waals surface area (Å²) in [4.78, 5) is 26.2. The fraction of sp³-hybridized carbons (Fsp3) is 0.120. The van der Waals surface area contributed by atoms with Crippen LogP contribution in [0.25, 0.3) is 16.6 Å². The second-order valence-corrected chi connectivity index (χ2v) is 8.02. The molecular weight excluding hydrogens is 479 g/mol. The zero-order valence-corrected chi connectivity index (χ0v) is 21.8. The van der Waals surface area contributed by atoms with Gasteiger partial charge in [0.05, 0.1) is 24.8 Å². The number of hydrogen-bond acceptors (Lipinski definition) is 9. The van der Waals surface area contributed by atoms with E-state index in [1.807, 2.05) is 0 Å². The Morgan fingerprint density at radius 1 is 0.971 bits per heavy atom. The number of fused-ring (bicyclic) bond motifs is 2. The standard InChI is InChI=1S/C25H18N2O6S.Na/c1-31-20-5-3-2-4-14(20)10-17(24(28)16-7-9-21-22(12-16)33-13-32-21)23(25(29)30)15-6-8-18-19(11-15)27-34-26-18;/h2-9,11-12H,10,13H2,1H3,(H,29,30);/q;+1/p-1. The number of Topliss-reactive ketones (excluding diaryl/α,β-unsaturated/α-hetero) is 1. The SMILES string of the molecule is COc1ccccc1CC(C(=O)c1ccc2c(c1)OCO2)=C(C(=O)[O-])c1ccc2nsnc2c1.[Na+]. The van der Waals surface area contributed by atoms with E-state index < -0.39 is 11.8 Å². The van der Waals surface area contributed by atoms with Gasteiger partial charge in [-0.2, -0.15) is 8.75 Å². The molecule has 1 aliphatic rings. The van der Waals surface area contributed by atoms with Gasteiger partial charge in [0.25, 0.3) is 0 Å². The molecule has 0 saturated heterocycles. The number of carboxylic acid groups (broad SMARTS) is 1. The molecule has 0 atom stereocenters. The average Bonchev–Trinajstić information content (AvgIpc) is 3.51. The summed E-state index contributed by atoms with van der Waals surface area (Å²) in [7, 11) is 1.52. The molecule has 8 nitrogen and oxygen atoms in total. The van der Waals surface area contributed by atoms with Crippen molar-refractivity contribution in [2.75, 3.05) is 13.9 Å². The number of rotatable bonds is 7. The van der Waals surface area contributed by atoms with Gasteiger partial charge in [-0.05, 0) is 47.5 Å². The Morgan fingerprint density at radius 2 is 1.71 bits per heavy atom. The Hall–Kier alpha value is -3.24. The minimum absolute atomic E-state index is 0. The Bertz CT molecular complexity index is 1470.